The van der Waals surface area contributed by atoms with Gasteiger partial charge >= 0.3 is 0 Å². The number of aromatic nitrogens is 2. The standard InChI is InChI=1S/C16H14FN3O2/c1-9-6-11(21)3-5-14(9)20-15(8-17)19-13-4-2-10(18)7-12(13)16(20)22/h2-7,21H,8,18H2,1H3. The summed E-state index contributed by atoms with van der Waals surface area (Å²) in [7, 11) is 0. The molecule has 0 bridgehead atoms. The molecule has 0 aliphatic carbocycles. The molecule has 0 spiro atoms. The van der Waals surface area contributed by atoms with Crippen molar-refractivity contribution in [3.63, 3.8) is 0 Å². The highest BCUT2D eigenvalue weighted by molar-refractivity contribution is 5.81. The second-order valence-electron chi connectivity index (χ2n) is 5.05. The highest BCUT2D eigenvalue weighted by Gasteiger charge is 2.14. The van der Waals surface area contributed by atoms with Crippen LogP contribution in [0.3, 0.4) is 0 Å². The summed E-state index contributed by atoms with van der Waals surface area (Å²) in [6, 6.07) is 9.25. The summed E-state index contributed by atoms with van der Waals surface area (Å²) >= 11 is 0. The molecule has 1 aromatic heterocycles. The first kappa shape index (κ1) is 14.1. The number of hydrogen-bond donors (Lipinski definition) is 2. The largest absolute Gasteiger partial charge is 0.508 e. The molecule has 0 fully saturated rings. The average molecular weight is 299 g/mol. The van der Waals surface area contributed by atoms with Gasteiger partial charge in [-0.2, -0.15) is 0 Å². The molecule has 2 aromatic carbocycles. The third kappa shape index (κ3) is 2.18. The lowest BCUT2D eigenvalue weighted by atomic mass is 10.1. The van der Waals surface area contributed by atoms with E-state index in [0.717, 1.165) is 0 Å². The number of rotatable bonds is 2. The van der Waals surface area contributed by atoms with Gasteiger partial charge in [0, 0.05) is 5.69 Å². The van der Waals surface area contributed by atoms with Gasteiger partial charge in [0.25, 0.3) is 5.56 Å². The summed E-state index contributed by atoms with van der Waals surface area (Å²) in [6.45, 7) is 0.850. The van der Waals surface area contributed by atoms with Gasteiger partial charge in [-0.15, -0.1) is 0 Å². The predicted octanol–water partition coefficient (Wildman–Crippen LogP) is 2.45. The Balaban J connectivity index is 2.41. The molecule has 6 heteroatoms. The van der Waals surface area contributed by atoms with Crippen molar-refractivity contribution < 1.29 is 9.50 Å². The van der Waals surface area contributed by atoms with Crippen molar-refractivity contribution in [1.82, 2.24) is 9.55 Å². The van der Waals surface area contributed by atoms with Crippen LogP contribution in [0.4, 0.5) is 10.1 Å². The molecule has 3 N–H and O–H groups in total. The number of hydrogen-bond acceptors (Lipinski definition) is 4. The maximum Gasteiger partial charge on any atom is 0.266 e. The number of fused-ring (bicyclic) bond motifs is 1. The number of nitrogen functional groups attached to an aromatic ring is 1. The second kappa shape index (κ2) is 5.14. The molecule has 1 heterocycles. The molecule has 0 saturated heterocycles. The number of halogens is 1. The van der Waals surface area contributed by atoms with Crippen LogP contribution in [0.1, 0.15) is 11.4 Å². The maximum absolute atomic E-state index is 13.4. The minimum atomic E-state index is -0.879. The molecule has 0 unspecified atom stereocenters. The summed E-state index contributed by atoms with van der Waals surface area (Å²) in [5, 5.41) is 9.82. The minimum absolute atomic E-state index is 0.0102. The fraction of sp³-hybridized carbons (Fsp3) is 0.125. The van der Waals surface area contributed by atoms with E-state index in [1.165, 1.54) is 22.8 Å². The third-order valence-electron chi connectivity index (χ3n) is 3.50. The summed E-state index contributed by atoms with van der Waals surface area (Å²) in [5.74, 6) is 0.0881. The lowest BCUT2D eigenvalue weighted by Crippen LogP contribution is -2.24. The number of anilines is 1. The molecule has 0 saturated carbocycles. The van der Waals surface area contributed by atoms with E-state index in [9.17, 15) is 14.3 Å². The van der Waals surface area contributed by atoms with E-state index in [4.69, 9.17) is 5.73 Å². The van der Waals surface area contributed by atoms with Crippen LogP contribution in [0.5, 0.6) is 5.75 Å². The Morgan fingerprint density at radius 2 is 2.05 bits per heavy atom. The smallest absolute Gasteiger partial charge is 0.266 e. The first-order valence-electron chi connectivity index (χ1n) is 6.68. The van der Waals surface area contributed by atoms with Gasteiger partial charge in [0.15, 0.2) is 0 Å². The van der Waals surface area contributed by atoms with Crippen LogP contribution >= 0.6 is 0 Å². The molecular formula is C16H14FN3O2. The Labute approximate surface area is 125 Å². The van der Waals surface area contributed by atoms with E-state index >= 15 is 0 Å². The predicted molar refractivity (Wildman–Crippen MR) is 83.0 cm³/mol. The number of benzene rings is 2. The Kier molecular flexibility index (Phi) is 3.29. The van der Waals surface area contributed by atoms with Crippen LogP contribution in [-0.2, 0) is 6.67 Å². The zero-order valence-electron chi connectivity index (χ0n) is 11.9. The van der Waals surface area contributed by atoms with Crippen LogP contribution in [0.15, 0.2) is 41.2 Å². The molecule has 0 radical (unpaired) electrons. The summed E-state index contributed by atoms with van der Waals surface area (Å²) in [4.78, 5) is 16.9. The molecule has 22 heavy (non-hydrogen) atoms. The molecule has 3 aromatic rings. The maximum atomic E-state index is 13.4. The van der Waals surface area contributed by atoms with Crippen molar-refractivity contribution in [3.05, 3.63) is 58.1 Å². The molecule has 0 aliphatic rings. The Hall–Kier alpha value is -2.89. The van der Waals surface area contributed by atoms with E-state index in [1.807, 2.05) is 0 Å². The van der Waals surface area contributed by atoms with Crippen LogP contribution in [0.25, 0.3) is 16.6 Å². The average Bonchev–Trinajstić information content (AvgIpc) is 2.49. The number of alkyl halides is 1. The van der Waals surface area contributed by atoms with Crippen molar-refractivity contribution in [3.8, 4) is 11.4 Å². The topological polar surface area (TPSA) is 81.1 Å². The van der Waals surface area contributed by atoms with E-state index in [-0.39, 0.29) is 11.6 Å². The SMILES string of the molecule is Cc1cc(O)ccc1-n1c(CF)nc2ccc(N)cc2c1=O. The summed E-state index contributed by atoms with van der Waals surface area (Å²) in [5.41, 5.74) is 7.29. The first-order chi connectivity index (χ1) is 10.5. The molecular weight excluding hydrogens is 285 g/mol. The van der Waals surface area contributed by atoms with Gasteiger partial charge in [0.2, 0.25) is 0 Å². The number of nitrogens with two attached hydrogens (primary N) is 1. The molecule has 112 valence electrons. The zero-order valence-corrected chi connectivity index (χ0v) is 11.9. The third-order valence-corrected chi connectivity index (χ3v) is 3.50. The molecule has 0 aliphatic heterocycles. The van der Waals surface area contributed by atoms with E-state index in [2.05, 4.69) is 4.98 Å². The number of aromatic hydroxyl groups is 1. The molecule has 0 atom stereocenters. The Morgan fingerprint density at radius 1 is 1.27 bits per heavy atom. The lowest BCUT2D eigenvalue weighted by Gasteiger charge is -2.14. The fourth-order valence-electron chi connectivity index (χ4n) is 2.48. The fourth-order valence-corrected chi connectivity index (χ4v) is 2.48. The van der Waals surface area contributed by atoms with Crippen LogP contribution in [-0.4, -0.2) is 14.7 Å². The number of phenolic OH excluding ortho intramolecular Hbond substituents is 1. The quantitative estimate of drug-likeness (QED) is 0.712. The van der Waals surface area contributed by atoms with Crippen molar-refractivity contribution in [2.45, 2.75) is 13.6 Å². The van der Waals surface area contributed by atoms with Crippen LogP contribution in [0, 0.1) is 6.92 Å². The molecule has 5 nitrogen and oxygen atoms in total. The van der Waals surface area contributed by atoms with Gasteiger partial charge in [-0.3, -0.25) is 9.36 Å². The van der Waals surface area contributed by atoms with Gasteiger partial charge < -0.3 is 10.8 Å². The zero-order chi connectivity index (χ0) is 15.9. The minimum Gasteiger partial charge on any atom is -0.508 e. The van der Waals surface area contributed by atoms with E-state index in [1.54, 1.807) is 25.1 Å². The van der Waals surface area contributed by atoms with Crippen molar-refractivity contribution in [2.24, 2.45) is 0 Å². The number of nitrogens with zero attached hydrogens (tertiary/aromatic N) is 2. The van der Waals surface area contributed by atoms with E-state index < -0.39 is 12.2 Å². The van der Waals surface area contributed by atoms with Crippen molar-refractivity contribution in [2.75, 3.05) is 5.73 Å². The van der Waals surface area contributed by atoms with E-state index in [0.29, 0.717) is 27.8 Å². The van der Waals surface area contributed by atoms with Gasteiger partial charge in [-0.05, 0) is 48.9 Å². The lowest BCUT2D eigenvalue weighted by molar-refractivity contribution is 0.456. The first-order valence-corrected chi connectivity index (χ1v) is 6.68. The van der Waals surface area contributed by atoms with Crippen molar-refractivity contribution in [1.29, 1.82) is 0 Å². The number of aryl methyl sites for hydroxylation is 1. The van der Waals surface area contributed by atoms with Gasteiger partial charge in [0.05, 0.1) is 16.6 Å². The Morgan fingerprint density at radius 3 is 2.73 bits per heavy atom. The van der Waals surface area contributed by atoms with Crippen LogP contribution in [0.2, 0.25) is 0 Å². The highest BCUT2D eigenvalue weighted by Crippen LogP contribution is 2.21. The van der Waals surface area contributed by atoms with Gasteiger partial charge in [-0.1, -0.05) is 0 Å². The van der Waals surface area contributed by atoms with Crippen LogP contribution < -0.4 is 11.3 Å². The van der Waals surface area contributed by atoms with Gasteiger partial charge in [-0.25, -0.2) is 9.37 Å². The van der Waals surface area contributed by atoms with Crippen molar-refractivity contribution >= 4 is 16.6 Å². The Bertz CT molecular complexity index is 935. The summed E-state index contributed by atoms with van der Waals surface area (Å²) < 4.78 is 14.6. The summed E-state index contributed by atoms with van der Waals surface area (Å²) in [6.07, 6.45) is 0. The normalized spacial score (nSPS) is 11.0. The van der Waals surface area contributed by atoms with Gasteiger partial charge in [0.1, 0.15) is 18.2 Å². The monoisotopic (exact) mass is 299 g/mol. The molecule has 3 rings (SSSR count). The highest BCUT2D eigenvalue weighted by atomic mass is 19.1. The number of phenols is 1. The second-order valence-corrected chi connectivity index (χ2v) is 5.05. The molecule has 0 amide bonds.